The molecule has 0 aliphatic carbocycles. The summed E-state index contributed by atoms with van der Waals surface area (Å²) in [5.74, 6) is -1.16. The number of halogens is 1. The minimum Gasteiger partial charge on any atom is -0.476 e. The number of rotatable bonds is 1. The lowest BCUT2D eigenvalue weighted by molar-refractivity contribution is 0.0683. The van der Waals surface area contributed by atoms with Gasteiger partial charge in [0.15, 0.2) is 11.5 Å². The van der Waals surface area contributed by atoms with Crippen LogP contribution in [-0.2, 0) is 6.54 Å². The SMILES string of the molecule is CN1Cc2c(C(=O)O)ncn2-c2nccc(Cl)c2C1=O. The third-order valence-corrected chi connectivity index (χ3v) is 3.44. The lowest BCUT2D eigenvalue weighted by Crippen LogP contribution is -2.26. The van der Waals surface area contributed by atoms with Crippen LogP contribution in [0.2, 0.25) is 5.02 Å². The first-order valence-corrected chi connectivity index (χ1v) is 6.08. The van der Waals surface area contributed by atoms with Gasteiger partial charge in [-0.2, -0.15) is 0 Å². The van der Waals surface area contributed by atoms with E-state index < -0.39 is 5.97 Å². The molecular formula is C12H9ClN4O3. The van der Waals surface area contributed by atoms with Crippen molar-refractivity contribution in [2.45, 2.75) is 6.54 Å². The van der Waals surface area contributed by atoms with Gasteiger partial charge in [-0.25, -0.2) is 14.8 Å². The Morgan fingerprint density at radius 1 is 1.45 bits per heavy atom. The van der Waals surface area contributed by atoms with Crippen LogP contribution in [0.5, 0.6) is 0 Å². The number of hydrogen-bond acceptors (Lipinski definition) is 4. The normalized spacial score (nSPS) is 13.7. The molecule has 3 heterocycles. The van der Waals surface area contributed by atoms with Crippen molar-refractivity contribution in [2.24, 2.45) is 0 Å². The number of carboxylic acids is 1. The van der Waals surface area contributed by atoms with E-state index in [2.05, 4.69) is 9.97 Å². The fourth-order valence-corrected chi connectivity index (χ4v) is 2.40. The van der Waals surface area contributed by atoms with Gasteiger partial charge in [-0.3, -0.25) is 9.36 Å². The molecule has 0 aromatic carbocycles. The summed E-state index contributed by atoms with van der Waals surface area (Å²) < 4.78 is 1.49. The highest BCUT2D eigenvalue weighted by Gasteiger charge is 2.30. The summed E-state index contributed by atoms with van der Waals surface area (Å²) in [5, 5.41) is 9.42. The van der Waals surface area contributed by atoms with E-state index in [1.165, 1.54) is 28.1 Å². The fraction of sp³-hybridized carbons (Fsp3) is 0.167. The zero-order chi connectivity index (χ0) is 14.4. The first kappa shape index (κ1) is 12.6. The number of carbonyl (C=O) groups excluding carboxylic acids is 1. The predicted molar refractivity (Wildman–Crippen MR) is 69.1 cm³/mol. The van der Waals surface area contributed by atoms with Crippen molar-refractivity contribution in [3.05, 3.63) is 40.6 Å². The number of imidazole rings is 1. The van der Waals surface area contributed by atoms with E-state index in [-0.39, 0.29) is 28.7 Å². The zero-order valence-electron chi connectivity index (χ0n) is 10.4. The van der Waals surface area contributed by atoms with Gasteiger partial charge in [0.05, 0.1) is 17.3 Å². The van der Waals surface area contributed by atoms with Crippen LogP contribution in [0, 0.1) is 0 Å². The molecule has 2 aromatic heterocycles. The van der Waals surface area contributed by atoms with Crippen LogP contribution in [0.3, 0.4) is 0 Å². The molecule has 102 valence electrons. The molecule has 8 heteroatoms. The number of carboxylic acid groups (broad SMARTS) is 1. The van der Waals surface area contributed by atoms with E-state index in [1.807, 2.05) is 0 Å². The monoisotopic (exact) mass is 292 g/mol. The Labute approximate surface area is 118 Å². The van der Waals surface area contributed by atoms with Gasteiger partial charge in [-0.05, 0) is 6.07 Å². The topological polar surface area (TPSA) is 88.3 Å². The zero-order valence-corrected chi connectivity index (χ0v) is 11.1. The number of fused-ring (bicyclic) bond motifs is 3. The molecule has 0 bridgehead atoms. The van der Waals surface area contributed by atoms with Gasteiger partial charge in [0.1, 0.15) is 11.9 Å². The van der Waals surface area contributed by atoms with Crippen molar-refractivity contribution < 1.29 is 14.7 Å². The van der Waals surface area contributed by atoms with Crippen LogP contribution in [0.4, 0.5) is 0 Å². The molecule has 0 atom stereocenters. The van der Waals surface area contributed by atoms with Crippen LogP contribution >= 0.6 is 11.6 Å². The summed E-state index contributed by atoms with van der Waals surface area (Å²) >= 11 is 6.07. The Balaban J connectivity index is 2.35. The smallest absolute Gasteiger partial charge is 0.356 e. The van der Waals surface area contributed by atoms with Gasteiger partial charge in [0, 0.05) is 13.2 Å². The van der Waals surface area contributed by atoms with Crippen LogP contribution in [0.1, 0.15) is 26.5 Å². The first-order valence-electron chi connectivity index (χ1n) is 5.70. The van der Waals surface area contributed by atoms with E-state index in [0.29, 0.717) is 11.5 Å². The third kappa shape index (κ3) is 1.67. The maximum atomic E-state index is 12.3. The minimum atomic E-state index is -1.15. The standard InChI is InChI=1S/C12H9ClN4O3/c1-16-4-7-9(12(19)20)15-5-17(7)10-8(11(16)18)6(13)2-3-14-10/h2-3,5H,4H2,1H3,(H,19,20). The quantitative estimate of drug-likeness (QED) is 0.853. The average molecular weight is 293 g/mol. The van der Waals surface area contributed by atoms with Gasteiger partial charge >= 0.3 is 5.97 Å². The lowest BCUT2D eigenvalue weighted by Gasteiger charge is -2.14. The highest BCUT2D eigenvalue weighted by molar-refractivity contribution is 6.34. The summed E-state index contributed by atoms with van der Waals surface area (Å²) in [5.41, 5.74) is 0.533. The predicted octanol–water partition coefficient (Wildman–Crippen LogP) is 1.20. The van der Waals surface area contributed by atoms with E-state index in [0.717, 1.165) is 0 Å². The molecule has 0 saturated carbocycles. The van der Waals surface area contributed by atoms with Crippen molar-refractivity contribution in [3.63, 3.8) is 0 Å². The molecule has 0 spiro atoms. The summed E-state index contributed by atoms with van der Waals surface area (Å²) in [6.07, 6.45) is 2.80. The highest BCUT2D eigenvalue weighted by atomic mass is 35.5. The molecule has 0 saturated heterocycles. The Morgan fingerprint density at radius 3 is 2.90 bits per heavy atom. The molecule has 20 heavy (non-hydrogen) atoms. The molecule has 0 unspecified atom stereocenters. The number of carbonyl (C=O) groups is 2. The number of pyridine rings is 1. The molecule has 0 radical (unpaired) electrons. The van der Waals surface area contributed by atoms with Crippen molar-refractivity contribution in [3.8, 4) is 5.82 Å². The molecular weight excluding hydrogens is 284 g/mol. The second kappa shape index (κ2) is 4.31. The number of aromatic carboxylic acids is 1. The number of hydrogen-bond donors (Lipinski definition) is 1. The Morgan fingerprint density at radius 2 is 2.20 bits per heavy atom. The van der Waals surface area contributed by atoms with E-state index >= 15 is 0 Å². The third-order valence-electron chi connectivity index (χ3n) is 3.12. The molecule has 3 rings (SSSR count). The van der Waals surface area contributed by atoms with Crippen molar-refractivity contribution in [1.82, 2.24) is 19.4 Å². The largest absolute Gasteiger partial charge is 0.476 e. The van der Waals surface area contributed by atoms with Gasteiger partial charge in [-0.15, -0.1) is 0 Å². The second-order valence-corrected chi connectivity index (χ2v) is 4.77. The van der Waals surface area contributed by atoms with E-state index in [1.54, 1.807) is 7.05 Å². The van der Waals surface area contributed by atoms with Gasteiger partial charge in [-0.1, -0.05) is 11.6 Å². The van der Waals surface area contributed by atoms with Crippen molar-refractivity contribution >= 4 is 23.5 Å². The van der Waals surface area contributed by atoms with Crippen LogP contribution < -0.4 is 0 Å². The van der Waals surface area contributed by atoms with Gasteiger partial charge in [0.25, 0.3) is 5.91 Å². The van der Waals surface area contributed by atoms with Crippen molar-refractivity contribution in [2.75, 3.05) is 7.05 Å². The summed E-state index contributed by atoms with van der Waals surface area (Å²) in [6.45, 7) is 0.118. The Hall–Kier alpha value is -2.41. The summed E-state index contributed by atoms with van der Waals surface area (Å²) in [7, 11) is 1.57. The molecule has 1 aliphatic rings. The molecule has 1 amide bonds. The molecule has 0 fully saturated rings. The van der Waals surface area contributed by atoms with Crippen LogP contribution in [0.15, 0.2) is 18.6 Å². The Bertz CT molecular complexity index is 740. The lowest BCUT2D eigenvalue weighted by atomic mass is 10.2. The second-order valence-electron chi connectivity index (χ2n) is 4.37. The van der Waals surface area contributed by atoms with E-state index in [9.17, 15) is 9.59 Å². The van der Waals surface area contributed by atoms with Crippen molar-refractivity contribution in [1.29, 1.82) is 0 Å². The number of amides is 1. The molecule has 2 aromatic rings. The number of aromatic nitrogens is 3. The van der Waals surface area contributed by atoms with E-state index in [4.69, 9.17) is 16.7 Å². The van der Waals surface area contributed by atoms with Crippen LogP contribution in [0.25, 0.3) is 5.82 Å². The first-order chi connectivity index (χ1) is 9.50. The molecule has 1 aliphatic heterocycles. The fourth-order valence-electron chi connectivity index (χ4n) is 2.18. The molecule has 1 N–H and O–H groups in total. The summed E-state index contributed by atoms with van der Waals surface area (Å²) in [6, 6.07) is 1.52. The Kier molecular flexibility index (Phi) is 2.72. The highest BCUT2D eigenvalue weighted by Crippen LogP contribution is 2.28. The molecule has 7 nitrogen and oxygen atoms in total. The minimum absolute atomic E-state index is 0.0979. The maximum Gasteiger partial charge on any atom is 0.356 e. The van der Waals surface area contributed by atoms with Crippen LogP contribution in [-0.4, -0.2) is 43.5 Å². The summed E-state index contributed by atoms with van der Waals surface area (Å²) in [4.78, 5) is 32.9. The average Bonchev–Trinajstić information content (AvgIpc) is 2.77. The number of nitrogens with zero attached hydrogens (tertiary/aromatic N) is 4. The maximum absolute atomic E-state index is 12.3. The van der Waals surface area contributed by atoms with Gasteiger partial charge < -0.3 is 10.0 Å². The van der Waals surface area contributed by atoms with Gasteiger partial charge in [0.2, 0.25) is 0 Å².